The van der Waals surface area contributed by atoms with E-state index in [2.05, 4.69) is 5.32 Å². The Morgan fingerprint density at radius 1 is 1.07 bits per heavy atom. The van der Waals surface area contributed by atoms with E-state index >= 15 is 0 Å². The first-order chi connectivity index (χ1) is 14.2. The minimum absolute atomic E-state index is 0.0316. The van der Waals surface area contributed by atoms with Gasteiger partial charge in [-0.2, -0.15) is 0 Å². The van der Waals surface area contributed by atoms with Crippen molar-refractivity contribution >= 4 is 29.0 Å². The summed E-state index contributed by atoms with van der Waals surface area (Å²) in [6.07, 6.45) is 7.63. The molecule has 0 saturated heterocycles. The van der Waals surface area contributed by atoms with Crippen molar-refractivity contribution < 1.29 is 19.1 Å². The Balaban J connectivity index is 1.51. The van der Waals surface area contributed by atoms with Gasteiger partial charge in [-0.3, -0.25) is 14.4 Å². The standard InChI is InChI=1S/C24H33NO4S/c1-24(2,3)29-21(27)11-15-6-9-19-17(10-15)22(23(28)25-13-14-4-5-14)20(30-19)12-18(26)16-7-8-16/h14-16H,4-13H2,1-3H3,(H,25,28)/t15-/m1/s1. The van der Waals surface area contributed by atoms with Gasteiger partial charge in [0, 0.05) is 35.1 Å². The first-order valence-electron chi connectivity index (χ1n) is 11.4. The summed E-state index contributed by atoms with van der Waals surface area (Å²) < 4.78 is 5.51. The Kier molecular flexibility index (Phi) is 6.06. The topological polar surface area (TPSA) is 72.5 Å². The van der Waals surface area contributed by atoms with Crippen LogP contribution in [0.2, 0.25) is 0 Å². The molecule has 1 aromatic heterocycles. The van der Waals surface area contributed by atoms with Crippen molar-refractivity contribution in [1.29, 1.82) is 0 Å². The van der Waals surface area contributed by atoms with Crippen LogP contribution in [-0.2, 0) is 33.6 Å². The molecule has 3 aliphatic rings. The maximum Gasteiger partial charge on any atom is 0.306 e. The van der Waals surface area contributed by atoms with Gasteiger partial charge in [0.2, 0.25) is 0 Å². The Hall–Kier alpha value is -1.69. The van der Waals surface area contributed by atoms with Crippen LogP contribution in [0.25, 0.3) is 0 Å². The molecule has 2 saturated carbocycles. The summed E-state index contributed by atoms with van der Waals surface area (Å²) in [6.45, 7) is 6.37. The number of rotatable bonds is 8. The van der Waals surface area contributed by atoms with Crippen LogP contribution in [0.1, 0.15) is 85.0 Å². The van der Waals surface area contributed by atoms with Gasteiger partial charge in [-0.1, -0.05) is 0 Å². The van der Waals surface area contributed by atoms with Crippen molar-refractivity contribution in [2.24, 2.45) is 17.8 Å². The molecule has 0 radical (unpaired) electrons. The monoisotopic (exact) mass is 431 g/mol. The van der Waals surface area contributed by atoms with Crippen molar-refractivity contribution in [3.8, 4) is 0 Å². The van der Waals surface area contributed by atoms with Gasteiger partial charge in [0.15, 0.2) is 0 Å². The Bertz CT molecular complexity index is 842. The van der Waals surface area contributed by atoms with E-state index in [0.29, 0.717) is 18.8 Å². The zero-order valence-corrected chi connectivity index (χ0v) is 19.2. The van der Waals surface area contributed by atoms with E-state index < -0.39 is 5.60 Å². The maximum atomic E-state index is 13.1. The predicted octanol–water partition coefficient (Wildman–Crippen LogP) is 4.25. The summed E-state index contributed by atoms with van der Waals surface area (Å²) in [7, 11) is 0. The molecular weight excluding hydrogens is 398 g/mol. The zero-order valence-electron chi connectivity index (χ0n) is 18.3. The second kappa shape index (κ2) is 8.45. The Labute approximate surface area is 183 Å². The number of esters is 1. The van der Waals surface area contributed by atoms with Gasteiger partial charge in [0.05, 0.1) is 5.56 Å². The first-order valence-corrected chi connectivity index (χ1v) is 12.2. The Morgan fingerprint density at radius 3 is 2.43 bits per heavy atom. The van der Waals surface area contributed by atoms with Crippen LogP contribution in [0.15, 0.2) is 0 Å². The molecule has 0 aromatic carbocycles. The number of ether oxygens (including phenoxy) is 1. The molecular formula is C24H33NO4S. The fourth-order valence-electron chi connectivity index (χ4n) is 4.25. The summed E-state index contributed by atoms with van der Waals surface area (Å²) in [5.74, 6) is 1.07. The molecule has 1 heterocycles. The fourth-order valence-corrected chi connectivity index (χ4v) is 5.61. The number of carbonyl (C=O) groups is 3. The van der Waals surface area contributed by atoms with Gasteiger partial charge in [-0.15, -0.1) is 11.3 Å². The molecule has 5 nitrogen and oxygen atoms in total. The lowest BCUT2D eigenvalue weighted by Crippen LogP contribution is -2.29. The number of thiophene rings is 1. The SMILES string of the molecule is CC(C)(C)OC(=O)C[C@@H]1CCc2sc(CC(=O)C3CC3)c(C(=O)NCC3CC3)c2C1. The van der Waals surface area contributed by atoms with Gasteiger partial charge >= 0.3 is 5.97 Å². The third-order valence-electron chi connectivity index (χ3n) is 6.15. The van der Waals surface area contributed by atoms with E-state index in [9.17, 15) is 14.4 Å². The molecule has 0 spiro atoms. The molecule has 1 atom stereocenters. The summed E-state index contributed by atoms with van der Waals surface area (Å²) in [5.41, 5.74) is 1.33. The van der Waals surface area contributed by atoms with E-state index in [1.54, 1.807) is 11.3 Å². The highest BCUT2D eigenvalue weighted by Crippen LogP contribution is 2.40. The molecule has 0 bridgehead atoms. The van der Waals surface area contributed by atoms with Crippen LogP contribution >= 0.6 is 11.3 Å². The van der Waals surface area contributed by atoms with Gasteiger partial charge in [0.1, 0.15) is 11.4 Å². The predicted molar refractivity (Wildman–Crippen MR) is 117 cm³/mol. The molecule has 30 heavy (non-hydrogen) atoms. The highest BCUT2D eigenvalue weighted by Gasteiger charge is 2.35. The molecule has 164 valence electrons. The molecule has 1 amide bonds. The third-order valence-corrected chi connectivity index (χ3v) is 7.45. The number of hydrogen-bond acceptors (Lipinski definition) is 5. The second-order valence-corrected chi connectivity index (χ2v) is 11.5. The molecule has 1 N–H and O–H groups in total. The zero-order chi connectivity index (χ0) is 21.5. The lowest BCUT2D eigenvalue weighted by Gasteiger charge is -2.25. The van der Waals surface area contributed by atoms with E-state index in [1.165, 1.54) is 17.7 Å². The average Bonchev–Trinajstić information content (AvgIpc) is 3.55. The van der Waals surface area contributed by atoms with Gasteiger partial charge in [0.25, 0.3) is 5.91 Å². The maximum absolute atomic E-state index is 13.1. The number of amides is 1. The molecule has 4 rings (SSSR count). The molecule has 0 unspecified atom stereocenters. The number of nitrogens with one attached hydrogen (secondary N) is 1. The van der Waals surface area contributed by atoms with Crippen LogP contribution in [0.4, 0.5) is 0 Å². The molecule has 1 aromatic rings. The summed E-state index contributed by atoms with van der Waals surface area (Å²) in [5, 5.41) is 3.11. The van der Waals surface area contributed by atoms with Crippen molar-refractivity contribution in [3.05, 3.63) is 20.9 Å². The first kappa shape index (κ1) is 21.5. The minimum Gasteiger partial charge on any atom is -0.460 e. The third kappa shape index (κ3) is 5.51. The largest absolute Gasteiger partial charge is 0.460 e. The minimum atomic E-state index is -0.483. The van der Waals surface area contributed by atoms with Gasteiger partial charge in [-0.25, -0.2) is 0 Å². The van der Waals surface area contributed by atoms with E-state index in [4.69, 9.17) is 4.74 Å². The Morgan fingerprint density at radius 2 is 1.80 bits per heavy atom. The molecule has 3 aliphatic carbocycles. The lowest BCUT2D eigenvalue weighted by molar-refractivity contribution is -0.156. The van der Waals surface area contributed by atoms with Crippen molar-refractivity contribution in [3.63, 3.8) is 0 Å². The average molecular weight is 432 g/mol. The number of fused-ring (bicyclic) bond motifs is 1. The van der Waals surface area contributed by atoms with Crippen molar-refractivity contribution in [2.75, 3.05) is 6.54 Å². The highest BCUT2D eigenvalue weighted by atomic mass is 32.1. The van der Waals surface area contributed by atoms with Crippen LogP contribution < -0.4 is 5.32 Å². The van der Waals surface area contributed by atoms with Crippen LogP contribution in [0.3, 0.4) is 0 Å². The number of aryl methyl sites for hydroxylation is 1. The lowest BCUT2D eigenvalue weighted by atomic mass is 9.83. The van der Waals surface area contributed by atoms with E-state index in [-0.39, 0.29) is 29.5 Å². The normalized spacial score (nSPS) is 21.1. The smallest absolute Gasteiger partial charge is 0.306 e. The summed E-state index contributed by atoms with van der Waals surface area (Å²) >= 11 is 1.65. The molecule has 6 heteroatoms. The van der Waals surface area contributed by atoms with Crippen molar-refractivity contribution in [1.82, 2.24) is 5.32 Å². The number of ketones is 1. The molecule has 2 fully saturated rings. The van der Waals surface area contributed by atoms with Crippen LogP contribution in [0, 0.1) is 17.8 Å². The molecule has 0 aliphatic heterocycles. The fraction of sp³-hybridized carbons (Fsp3) is 0.708. The second-order valence-electron chi connectivity index (χ2n) is 10.3. The number of Topliss-reactive ketones (excluding diaryl/α,β-unsaturated/α-hetero) is 1. The quantitative estimate of drug-likeness (QED) is 0.625. The van der Waals surface area contributed by atoms with E-state index in [0.717, 1.165) is 54.7 Å². The number of carbonyl (C=O) groups excluding carboxylic acids is 3. The van der Waals surface area contributed by atoms with Crippen LogP contribution in [0.5, 0.6) is 0 Å². The van der Waals surface area contributed by atoms with Crippen molar-refractivity contribution in [2.45, 2.75) is 84.2 Å². The highest BCUT2D eigenvalue weighted by molar-refractivity contribution is 7.12. The van der Waals surface area contributed by atoms with Crippen LogP contribution in [-0.4, -0.2) is 29.8 Å². The van der Waals surface area contributed by atoms with Gasteiger partial charge in [-0.05, 0) is 83.1 Å². The number of hydrogen-bond donors (Lipinski definition) is 1. The summed E-state index contributed by atoms with van der Waals surface area (Å²) in [6, 6.07) is 0. The summed E-state index contributed by atoms with van der Waals surface area (Å²) in [4.78, 5) is 40.1. The van der Waals surface area contributed by atoms with Gasteiger partial charge < -0.3 is 10.1 Å². The van der Waals surface area contributed by atoms with E-state index in [1.807, 2.05) is 20.8 Å².